The molecule has 0 radical (unpaired) electrons. The molecule has 0 aromatic heterocycles. The first kappa shape index (κ1) is 19.0. The fourth-order valence-corrected chi connectivity index (χ4v) is 3.36. The van der Waals surface area contributed by atoms with Crippen molar-refractivity contribution in [3.05, 3.63) is 59.7 Å². The van der Waals surface area contributed by atoms with Gasteiger partial charge in [0.2, 0.25) is 5.91 Å². The largest absolute Gasteiger partial charge is 0.494 e. The molecule has 0 bridgehead atoms. The molecule has 0 aliphatic carbocycles. The number of carbonyl (C=O) groups excluding carboxylic acids is 2. The van der Waals surface area contributed by atoms with Gasteiger partial charge in [-0.25, -0.2) is 0 Å². The number of amides is 2. The smallest absolute Gasteiger partial charge is 0.254 e. The Morgan fingerprint density at radius 2 is 1.78 bits per heavy atom. The molecule has 1 N–H and O–H groups in total. The predicted octanol–water partition coefficient (Wildman–Crippen LogP) is 3.89. The Morgan fingerprint density at radius 3 is 2.41 bits per heavy atom. The molecule has 3 rings (SSSR count). The van der Waals surface area contributed by atoms with E-state index in [1.807, 2.05) is 55.5 Å². The Hall–Kier alpha value is -2.82. The van der Waals surface area contributed by atoms with Gasteiger partial charge in [-0.05, 0) is 68.1 Å². The van der Waals surface area contributed by atoms with Crippen molar-refractivity contribution in [3.63, 3.8) is 0 Å². The minimum atomic E-state index is -0.435. The first-order chi connectivity index (χ1) is 13.1. The number of benzene rings is 2. The molecule has 2 amide bonds. The molecule has 1 heterocycles. The average Bonchev–Trinajstić information content (AvgIpc) is 3.19. The molecule has 0 saturated carbocycles. The maximum Gasteiger partial charge on any atom is 0.254 e. The number of likely N-dealkylation sites (tertiary alicyclic amines) is 1. The van der Waals surface area contributed by atoms with E-state index in [1.165, 1.54) is 5.56 Å². The van der Waals surface area contributed by atoms with Crippen molar-refractivity contribution in [1.29, 1.82) is 0 Å². The molecule has 1 saturated heterocycles. The van der Waals surface area contributed by atoms with E-state index in [0.717, 1.165) is 18.6 Å². The Kier molecular flexibility index (Phi) is 6.12. The van der Waals surface area contributed by atoms with Crippen LogP contribution in [0.25, 0.3) is 0 Å². The number of rotatable bonds is 6. The number of aryl methyl sites for hydroxylation is 1. The van der Waals surface area contributed by atoms with Crippen LogP contribution in [-0.2, 0) is 11.2 Å². The predicted molar refractivity (Wildman–Crippen MR) is 106 cm³/mol. The quantitative estimate of drug-likeness (QED) is 0.844. The maximum absolute atomic E-state index is 12.9. The van der Waals surface area contributed by atoms with Gasteiger partial charge in [-0.2, -0.15) is 0 Å². The van der Waals surface area contributed by atoms with Gasteiger partial charge >= 0.3 is 0 Å². The highest BCUT2D eigenvalue weighted by Gasteiger charge is 2.34. The normalized spacial score (nSPS) is 16.2. The van der Waals surface area contributed by atoms with Gasteiger partial charge in [-0.15, -0.1) is 0 Å². The third-order valence-electron chi connectivity index (χ3n) is 4.86. The minimum Gasteiger partial charge on any atom is -0.494 e. The Bertz CT molecular complexity index is 784. The second-order valence-electron chi connectivity index (χ2n) is 6.65. The van der Waals surface area contributed by atoms with Crippen molar-refractivity contribution >= 4 is 17.5 Å². The van der Waals surface area contributed by atoms with E-state index in [0.29, 0.717) is 30.8 Å². The van der Waals surface area contributed by atoms with Crippen LogP contribution in [0, 0.1) is 0 Å². The van der Waals surface area contributed by atoms with Gasteiger partial charge in [0.05, 0.1) is 6.61 Å². The monoisotopic (exact) mass is 366 g/mol. The summed E-state index contributed by atoms with van der Waals surface area (Å²) >= 11 is 0. The number of hydrogen-bond donors (Lipinski definition) is 1. The van der Waals surface area contributed by atoms with Crippen molar-refractivity contribution in [1.82, 2.24) is 4.90 Å². The molecule has 5 nitrogen and oxygen atoms in total. The maximum atomic E-state index is 12.9. The molecule has 1 aliphatic heterocycles. The van der Waals surface area contributed by atoms with Crippen molar-refractivity contribution in [2.24, 2.45) is 0 Å². The van der Waals surface area contributed by atoms with E-state index in [-0.39, 0.29) is 11.8 Å². The number of nitrogens with one attached hydrogen (secondary N) is 1. The summed E-state index contributed by atoms with van der Waals surface area (Å²) in [7, 11) is 0. The zero-order valence-corrected chi connectivity index (χ0v) is 15.9. The molecule has 1 atom stereocenters. The van der Waals surface area contributed by atoms with Gasteiger partial charge < -0.3 is 15.0 Å². The molecule has 2 aromatic rings. The summed E-state index contributed by atoms with van der Waals surface area (Å²) in [4.78, 5) is 27.3. The molecule has 1 fully saturated rings. The summed E-state index contributed by atoms with van der Waals surface area (Å²) in [6.07, 6.45) is 2.45. The van der Waals surface area contributed by atoms with E-state index < -0.39 is 6.04 Å². The SMILES string of the molecule is CCOc1ccc(NC(=O)[C@H]2CCCN2C(=O)c2ccc(CC)cc2)cc1. The standard InChI is InChI=1S/C22H26N2O3/c1-3-16-7-9-17(10-8-16)22(26)24-15-5-6-20(24)21(25)23-18-11-13-19(14-12-18)27-4-2/h7-14,20H,3-6,15H2,1-2H3,(H,23,25)/t20-/m1/s1. The van der Waals surface area contributed by atoms with Crippen LogP contribution in [-0.4, -0.2) is 35.9 Å². The van der Waals surface area contributed by atoms with Crippen molar-refractivity contribution in [2.45, 2.75) is 39.2 Å². The summed E-state index contributed by atoms with van der Waals surface area (Å²) in [6.45, 7) is 5.22. The van der Waals surface area contributed by atoms with Gasteiger partial charge in [0.15, 0.2) is 0 Å². The molecular weight excluding hydrogens is 340 g/mol. The van der Waals surface area contributed by atoms with Gasteiger partial charge in [0, 0.05) is 17.8 Å². The van der Waals surface area contributed by atoms with Crippen LogP contribution < -0.4 is 10.1 Å². The first-order valence-corrected chi connectivity index (χ1v) is 9.56. The molecule has 27 heavy (non-hydrogen) atoms. The van der Waals surface area contributed by atoms with E-state index in [9.17, 15) is 9.59 Å². The van der Waals surface area contributed by atoms with Crippen LogP contribution in [0.5, 0.6) is 5.75 Å². The van der Waals surface area contributed by atoms with Crippen LogP contribution in [0.4, 0.5) is 5.69 Å². The second-order valence-corrected chi connectivity index (χ2v) is 6.65. The van der Waals surface area contributed by atoms with Gasteiger partial charge in [0.25, 0.3) is 5.91 Å². The lowest BCUT2D eigenvalue weighted by Crippen LogP contribution is -2.43. The fourth-order valence-electron chi connectivity index (χ4n) is 3.36. The molecular formula is C22H26N2O3. The van der Waals surface area contributed by atoms with Gasteiger partial charge in [-0.3, -0.25) is 9.59 Å². The molecule has 142 valence electrons. The van der Waals surface area contributed by atoms with E-state index in [2.05, 4.69) is 12.2 Å². The van der Waals surface area contributed by atoms with Crippen molar-refractivity contribution < 1.29 is 14.3 Å². The van der Waals surface area contributed by atoms with E-state index in [4.69, 9.17) is 4.74 Å². The Labute approximate surface area is 160 Å². The van der Waals surface area contributed by atoms with Crippen molar-refractivity contribution in [3.8, 4) is 5.75 Å². The summed E-state index contributed by atoms with van der Waals surface area (Å²) in [6, 6.07) is 14.5. The van der Waals surface area contributed by atoms with Gasteiger partial charge in [-0.1, -0.05) is 19.1 Å². The number of carbonyl (C=O) groups is 2. The molecule has 0 unspecified atom stereocenters. The fraction of sp³-hybridized carbons (Fsp3) is 0.364. The van der Waals surface area contributed by atoms with E-state index >= 15 is 0 Å². The third-order valence-corrected chi connectivity index (χ3v) is 4.86. The molecule has 5 heteroatoms. The molecule has 0 spiro atoms. The third kappa shape index (κ3) is 4.48. The second kappa shape index (κ2) is 8.71. The summed E-state index contributed by atoms with van der Waals surface area (Å²) in [5.74, 6) is 0.542. The summed E-state index contributed by atoms with van der Waals surface area (Å²) in [5, 5.41) is 2.92. The first-order valence-electron chi connectivity index (χ1n) is 9.56. The highest BCUT2D eigenvalue weighted by atomic mass is 16.5. The van der Waals surface area contributed by atoms with E-state index in [1.54, 1.807) is 4.90 Å². The van der Waals surface area contributed by atoms with Crippen LogP contribution in [0.15, 0.2) is 48.5 Å². The number of nitrogens with zero attached hydrogens (tertiary/aromatic N) is 1. The lowest BCUT2D eigenvalue weighted by Gasteiger charge is -2.24. The molecule has 2 aromatic carbocycles. The van der Waals surface area contributed by atoms with Gasteiger partial charge in [0.1, 0.15) is 11.8 Å². The summed E-state index contributed by atoms with van der Waals surface area (Å²) in [5.41, 5.74) is 2.53. The lowest BCUT2D eigenvalue weighted by molar-refractivity contribution is -0.119. The molecule has 1 aliphatic rings. The Morgan fingerprint density at radius 1 is 1.07 bits per heavy atom. The number of hydrogen-bond acceptors (Lipinski definition) is 3. The highest BCUT2D eigenvalue weighted by Crippen LogP contribution is 2.23. The van der Waals surface area contributed by atoms with Crippen LogP contribution >= 0.6 is 0 Å². The summed E-state index contributed by atoms with van der Waals surface area (Å²) < 4.78 is 5.41. The minimum absolute atomic E-state index is 0.0815. The highest BCUT2D eigenvalue weighted by molar-refractivity contribution is 6.01. The Balaban J connectivity index is 1.67. The lowest BCUT2D eigenvalue weighted by atomic mass is 10.1. The average molecular weight is 366 g/mol. The zero-order chi connectivity index (χ0) is 19.2. The van der Waals surface area contributed by atoms with Crippen molar-refractivity contribution in [2.75, 3.05) is 18.5 Å². The topological polar surface area (TPSA) is 58.6 Å². The zero-order valence-electron chi connectivity index (χ0n) is 15.9. The number of ether oxygens (including phenoxy) is 1. The van der Waals surface area contributed by atoms with Crippen LogP contribution in [0.3, 0.4) is 0 Å². The van der Waals surface area contributed by atoms with Crippen LogP contribution in [0.2, 0.25) is 0 Å². The van der Waals surface area contributed by atoms with Crippen LogP contribution in [0.1, 0.15) is 42.6 Å². The number of anilines is 1.